The Kier molecular flexibility index (Phi) is 2.13. The highest BCUT2D eigenvalue weighted by Crippen LogP contribution is 2.53. The summed E-state index contributed by atoms with van der Waals surface area (Å²) in [5.41, 5.74) is 0. The van der Waals surface area contributed by atoms with Gasteiger partial charge in [-0.3, -0.25) is 0 Å². The molecule has 0 spiro atoms. The number of hydrogen-bond donors (Lipinski definition) is 0. The topological polar surface area (TPSA) is 17.1 Å². The van der Waals surface area contributed by atoms with Crippen LogP contribution in [0.1, 0.15) is 19.8 Å². The van der Waals surface area contributed by atoms with E-state index < -0.39 is 7.14 Å². The van der Waals surface area contributed by atoms with Crippen molar-refractivity contribution in [3.8, 4) is 0 Å². The summed E-state index contributed by atoms with van der Waals surface area (Å²) in [6.45, 7) is 1.94. The molecule has 1 saturated heterocycles. The standard InChI is InChI=1S/C7H13OP/c1-2-5-9(8)6-3-4-7-9/h2,5H,3-4,6-7H2,1H3. The molecule has 9 heavy (non-hydrogen) atoms. The van der Waals surface area contributed by atoms with Crippen molar-refractivity contribution in [3.63, 3.8) is 0 Å². The van der Waals surface area contributed by atoms with Gasteiger partial charge in [-0.1, -0.05) is 6.08 Å². The first-order valence-electron chi connectivity index (χ1n) is 3.48. The first kappa shape index (κ1) is 7.08. The molecule has 0 aliphatic carbocycles. The summed E-state index contributed by atoms with van der Waals surface area (Å²) in [6, 6.07) is 0. The summed E-state index contributed by atoms with van der Waals surface area (Å²) in [6.07, 6.45) is 6.17. The van der Waals surface area contributed by atoms with Crippen LogP contribution in [0, 0.1) is 0 Å². The second-order valence-corrected chi connectivity index (χ2v) is 5.69. The minimum absolute atomic E-state index is 0.956. The first-order chi connectivity index (χ1) is 4.27. The van der Waals surface area contributed by atoms with Crippen LogP contribution < -0.4 is 0 Å². The normalized spacial score (nSPS) is 25.4. The molecule has 2 heteroatoms. The summed E-state index contributed by atoms with van der Waals surface area (Å²) in [5, 5.41) is 0. The molecule has 1 heterocycles. The van der Waals surface area contributed by atoms with Crippen LogP contribution in [-0.4, -0.2) is 12.3 Å². The van der Waals surface area contributed by atoms with Crippen LogP contribution >= 0.6 is 7.14 Å². The van der Waals surface area contributed by atoms with E-state index in [-0.39, 0.29) is 0 Å². The summed E-state index contributed by atoms with van der Waals surface area (Å²) >= 11 is 0. The number of hydrogen-bond acceptors (Lipinski definition) is 1. The quantitative estimate of drug-likeness (QED) is 0.517. The summed E-state index contributed by atoms with van der Waals surface area (Å²) in [7, 11) is -1.75. The van der Waals surface area contributed by atoms with Gasteiger partial charge < -0.3 is 4.57 Å². The van der Waals surface area contributed by atoms with Crippen LogP contribution in [0.3, 0.4) is 0 Å². The van der Waals surface area contributed by atoms with Crippen LogP contribution in [-0.2, 0) is 4.57 Å². The molecule has 1 nitrogen and oxygen atoms in total. The van der Waals surface area contributed by atoms with Crippen molar-refractivity contribution in [2.24, 2.45) is 0 Å². The van der Waals surface area contributed by atoms with Crippen molar-refractivity contribution in [2.75, 3.05) is 12.3 Å². The van der Waals surface area contributed by atoms with Gasteiger partial charge in [0.05, 0.1) is 0 Å². The van der Waals surface area contributed by atoms with Crippen LogP contribution in [0.15, 0.2) is 11.9 Å². The Hall–Kier alpha value is -0.0300. The third-order valence-corrected chi connectivity index (χ3v) is 4.73. The Labute approximate surface area is 56.5 Å². The Bertz CT molecular complexity index is 150. The highest BCUT2D eigenvalue weighted by atomic mass is 31.2. The zero-order chi connectivity index (χ0) is 6.74. The Morgan fingerprint density at radius 1 is 1.33 bits per heavy atom. The van der Waals surface area contributed by atoms with Gasteiger partial charge in [0.2, 0.25) is 0 Å². The highest BCUT2D eigenvalue weighted by molar-refractivity contribution is 7.67. The summed E-state index contributed by atoms with van der Waals surface area (Å²) in [5.74, 6) is 1.92. The third-order valence-electron chi connectivity index (χ3n) is 1.74. The lowest BCUT2D eigenvalue weighted by molar-refractivity contribution is 0.584. The molecule has 1 aliphatic heterocycles. The first-order valence-corrected chi connectivity index (χ1v) is 5.63. The predicted octanol–water partition coefficient (Wildman–Crippen LogP) is 2.68. The number of allylic oxidation sites excluding steroid dienone is 1. The lowest BCUT2D eigenvalue weighted by atomic mass is 10.4. The molecule has 52 valence electrons. The van der Waals surface area contributed by atoms with Crippen LogP contribution in [0.4, 0.5) is 0 Å². The van der Waals surface area contributed by atoms with Gasteiger partial charge in [0.25, 0.3) is 0 Å². The van der Waals surface area contributed by atoms with E-state index >= 15 is 0 Å². The predicted molar refractivity (Wildman–Crippen MR) is 41.4 cm³/mol. The van der Waals surface area contributed by atoms with E-state index in [0.29, 0.717) is 0 Å². The van der Waals surface area contributed by atoms with E-state index in [2.05, 4.69) is 0 Å². The van der Waals surface area contributed by atoms with E-state index in [1.165, 1.54) is 12.8 Å². The van der Waals surface area contributed by atoms with Gasteiger partial charge in [-0.2, -0.15) is 0 Å². The molecule has 0 N–H and O–H groups in total. The number of rotatable bonds is 1. The Morgan fingerprint density at radius 2 is 1.89 bits per heavy atom. The summed E-state index contributed by atoms with van der Waals surface area (Å²) < 4.78 is 11.5. The van der Waals surface area contributed by atoms with Crippen LogP contribution in [0.5, 0.6) is 0 Å². The van der Waals surface area contributed by atoms with Gasteiger partial charge in [0.1, 0.15) is 7.14 Å². The molecule has 0 atom stereocenters. The van der Waals surface area contributed by atoms with Gasteiger partial charge in [-0.25, -0.2) is 0 Å². The second kappa shape index (κ2) is 2.70. The fraction of sp³-hybridized carbons (Fsp3) is 0.714. The highest BCUT2D eigenvalue weighted by Gasteiger charge is 2.22. The molecule has 0 unspecified atom stereocenters. The molecule has 1 aliphatic rings. The molecule has 0 aromatic carbocycles. The van der Waals surface area contributed by atoms with Crippen molar-refractivity contribution in [2.45, 2.75) is 19.8 Å². The average molecular weight is 144 g/mol. The molecule has 0 amide bonds. The fourth-order valence-corrected chi connectivity index (χ4v) is 3.87. The lowest BCUT2D eigenvalue weighted by Gasteiger charge is -2.00. The van der Waals surface area contributed by atoms with E-state index in [9.17, 15) is 4.57 Å². The van der Waals surface area contributed by atoms with Crippen LogP contribution in [0.25, 0.3) is 0 Å². The molecular formula is C7H13OP. The largest absolute Gasteiger partial charge is 0.319 e. The SMILES string of the molecule is CC=CP1(=O)CCCC1. The van der Waals surface area contributed by atoms with Gasteiger partial charge in [-0.15, -0.1) is 0 Å². The minimum Gasteiger partial charge on any atom is -0.319 e. The smallest absolute Gasteiger partial charge is 0.108 e. The molecule has 0 bridgehead atoms. The molecule has 1 fully saturated rings. The van der Waals surface area contributed by atoms with Gasteiger partial charge in [0, 0.05) is 12.3 Å². The van der Waals surface area contributed by atoms with Gasteiger partial charge in [0.15, 0.2) is 0 Å². The maximum atomic E-state index is 11.5. The van der Waals surface area contributed by atoms with E-state index in [1.54, 1.807) is 0 Å². The van der Waals surface area contributed by atoms with Gasteiger partial charge in [-0.05, 0) is 25.6 Å². The van der Waals surface area contributed by atoms with E-state index in [1.807, 2.05) is 18.8 Å². The molecule has 0 radical (unpaired) electrons. The zero-order valence-electron chi connectivity index (χ0n) is 5.84. The zero-order valence-corrected chi connectivity index (χ0v) is 6.73. The monoisotopic (exact) mass is 144 g/mol. The van der Waals surface area contributed by atoms with Crippen molar-refractivity contribution in [3.05, 3.63) is 11.9 Å². The average Bonchev–Trinajstić information content (AvgIpc) is 2.16. The molecule has 0 saturated carbocycles. The van der Waals surface area contributed by atoms with Crippen molar-refractivity contribution < 1.29 is 4.57 Å². The van der Waals surface area contributed by atoms with Crippen LogP contribution in [0.2, 0.25) is 0 Å². The summed E-state index contributed by atoms with van der Waals surface area (Å²) in [4.78, 5) is 0. The Morgan fingerprint density at radius 3 is 2.33 bits per heavy atom. The maximum Gasteiger partial charge on any atom is 0.108 e. The van der Waals surface area contributed by atoms with Crippen molar-refractivity contribution in [1.29, 1.82) is 0 Å². The fourth-order valence-electron chi connectivity index (χ4n) is 1.29. The maximum absolute atomic E-state index is 11.5. The molecular weight excluding hydrogens is 131 g/mol. The third kappa shape index (κ3) is 1.69. The molecule has 0 aromatic heterocycles. The van der Waals surface area contributed by atoms with Crippen molar-refractivity contribution in [1.82, 2.24) is 0 Å². The van der Waals surface area contributed by atoms with E-state index in [0.717, 1.165) is 12.3 Å². The van der Waals surface area contributed by atoms with E-state index in [4.69, 9.17) is 0 Å². The lowest BCUT2D eigenvalue weighted by Crippen LogP contribution is -1.75. The van der Waals surface area contributed by atoms with Gasteiger partial charge >= 0.3 is 0 Å². The minimum atomic E-state index is -1.75. The van der Waals surface area contributed by atoms with Crippen molar-refractivity contribution >= 4 is 7.14 Å². The Balaban J connectivity index is 2.62. The second-order valence-electron chi connectivity index (χ2n) is 2.59. The molecule has 0 aromatic rings. The molecule has 1 rings (SSSR count).